The van der Waals surface area contributed by atoms with Gasteiger partial charge in [0.15, 0.2) is 0 Å². The van der Waals surface area contributed by atoms with Crippen LogP contribution in [0.4, 0.5) is 0 Å². The number of aryl methyl sites for hydroxylation is 1. The summed E-state index contributed by atoms with van der Waals surface area (Å²) in [4.78, 5) is 3.88. The summed E-state index contributed by atoms with van der Waals surface area (Å²) in [6.45, 7) is 6.11. The fourth-order valence-corrected chi connectivity index (χ4v) is 0.643. The molecule has 2 heteroatoms. The van der Waals surface area contributed by atoms with Gasteiger partial charge in [-0.25, -0.2) is 4.98 Å². The lowest BCUT2D eigenvalue weighted by atomic mass is 10.4. The molecule has 0 fully saturated rings. The van der Waals surface area contributed by atoms with Crippen LogP contribution in [0.2, 0.25) is 0 Å². The van der Waals surface area contributed by atoms with Gasteiger partial charge >= 0.3 is 0 Å². The van der Waals surface area contributed by atoms with Gasteiger partial charge in [-0.15, -0.1) is 0 Å². The molecule has 0 saturated heterocycles. The third kappa shape index (κ3) is 1.72. The zero-order valence-corrected chi connectivity index (χ0v) is 5.20. The monoisotopic (exact) mass is 121 g/mol. The molecule has 1 aromatic rings. The minimum atomic E-state index is 0.899. The van der Waals surface area contributed by atoms with E-state index in [0.717, 1.165) is 13.0 Å². The molecule has 0 unspecified atom stereocenters. The molecule has 1 heterocycles. The van der Waals surface area contributed by atoms with E-state index in [-0.39, 0.29) is 0 Å². The van der Waals surface area contributed by atoms with Crippen molar-refractivity contribution in [1.29, 1.82) is 0 Å². The first-order valence-electron chi connectivity index (χ1n) is 2.92. The largest absolute Gasteiger partial charge is 0.337 e. The van der Waals surface area contributed by atoms with Crippen LogP contribution >= 0.6 is 0 Å². The maximum Gasteiger partial charge on any atom is 0.0946 e. The highest BCUT2D eigenvalue weighted by Crippen LogP contribution is 1.89. The molecule has 0 spiro atoms. The Labute approximate surface area is 54.8 Å². The highest BCUT2D eigenvalue weighted by atomic mass is 15.0. The molecular weight excluding hydrogens is 112 g/mol. The van der Waals surface area contributed by atoms with Crippen molar-refractivity contribution < 1.29 is 0 Å². The minimum absolute atomic E-state index is 0.899. The molecule has 0 bridgehead atoms. The van der Waals surface area contributed by atoms with Gasteiger partial charge in [0.1, 0.15) is 0 Å². The van der Waals surface area contributed by atoms with E-state index in [9.17, 15) is 0 Å². The number of allylic oxidation sites excluding steroid dienone is 1. The van der Waals surface area contributed by atoms with Crippen LogP contribution in [-0.4, -0.2) is 9.55 Å². The Bertz CT molecular complexity index is 165. The summed E-state index contributed by atoms with van der Waals surface area (Å²) in [7, 11) is 0. The predicted molar refractivity (Wildman–Crippen MR) is 35.7 cm³/mol. The molecule has 1 aromatic heterocycles. The maximum absolute atomic E-state index is 5.19. The van der Waals surface area contributed by atoms with Crippen molar-refractivity contribution in [3.05, 3.63) is 31.4 Å². The van der Waals surface area contributed by atoms with Crippen LogP contribution in [0.1, 0.15) is 6.42 Å². The second kappa shape index (κ2) is 3.07. The van der Waals surface area contributed by atoms with Crippen molar-refractivity contribution >= 4 is 0 Å². The predicted octanol–water partition coefficient (Wildman–Crippen LogP) is 1.26. The fourth-order valence-electron chi connectivity index (χ4n) is 0.643. The van der Waals surface area contributed by atoms with Gasteiger partial charge < -0.3 is 4.57 Å². The summed E-state index contributed by atoms with van der Waals surface area (Å²) in [5, 5.41) is 0. The Morgan fingerprint density at radius 1 is 1.67 bits per heavy atom. The lowest BCUT2D eigenvalue weighted by Gasteiger charge is -1.94. The van der Waals surface area contributed by atoms with Crippen LogP contribution in [0.3, 0.4) is 0 Å². The van der Waals surface area contributed by atoms with Gasteiger partial charge in [0.25, 0.3) is 0 Å². The molecular formula is C7H9N2. The van der Waals surface area contributed by atoms with E-state index < -0.39 is 0 Å². The van der Waals surface area contributed by atoms with Crippen LogP contribution < -0.4 is 0 Å². The molecule has 0 aliphatic carbocycles. The topological polar surface area (TPSA) is 17.8 Å². The number of rotatable bonds is 3. The van der Waals surface area contributed by atoms with E-state index in [4.69, 9.17) is 6.58 Å². The van der Waals surface area contributed by atoms with E-state index in [1.54, 1.807) is 18.6 Å². The second-order valence-electron chi connectivity index (χ2n) is 1.82. The molecule has 0 saturated carbocycles. The summed E-state index contributed by atoms with van der Waals surface area (Å²) < 4.78 is 1.99. The molecule has 0 amide bonds. The van der Waals surface area contributed by atoms with Gasteiger partial charge in [-0.3, -0.25) is 0 Å². The van der Waals surface area contributed by atoms with Crippen molar-refractivity contribution in [2.45, 2.75) is 13.0 Å². The number of nitrogens with zero attached hydrogens (tertiary/aromatic N) is 2. The lowest BCUT2D eigenvalue weighted by molar-refractivity contribution is 0.709. The zero-order valence-electron chi connectivity index (χ0n) is 5.20. The smallest absolute Gasteiger partial charge is 0.0946 e. The molecule has 0 aliphatic rings. The normalized spacial score (nSPS) is 9.33. The van der Waals surface area contributed by atoms with Gasteiger partial charge in [-0.05, 0) is 6.42 Å². The van der Waals surface area contributed by atoms with Crippen molar-refractivity contribution in [2.75, 3.05) is 0 Å². The van der Waals surface area contributed by atoms with Crippen molar-refractivity contribution in [1.82, 2.24) is 9.55 Å². The molecule has 1 radical (unpaired) electrons. The van der Waals surface area contributed by atoms with E-state index in [1.807, 2.05) is 10.8 Å². The first-order chi connectivity index (χ1) is 4.43. The van der Waals surface area contributed by atoms with Gasteiger partial charge in [0.2, 0.25) is 0 Å². The molecule has 0 N–H and O–H groups in total. The summed E-state index contributed by atoms with van der Waals surface area (Å²) in [5.41, 5.74) is 0. The molecule has 2 nitrogen and oxygen atoms in total. The number of hydrogen-bond donors (Lipinski definition) is 0. The maximum atomic E-state index is 5.19. The van der Waals surface area contributed by atoms with E-state index in [2.05, 4.69) is 4.98 Å². The Kier molecular flexibility index (Phi) is 2.07. The first-order valence-corrected chi connectivity index (χ1v) is 2.92. The average molecular weight is 121 g/mol. The number of hydrogen-bond acceptors (Lipinski definition) is 1. The van der Waals surface area contributed by atoms with E-state index in [0.29, 0.717) is 0 Å². The lowest BCUT2D eigenvalue weighted by Crippen LogP contribution is -1.91. The highest BCUT2D eigenvalue weighted by molar-refractivity contribution is 4.75. The van der Waals surface area contributed by atoms with Crippen LogP contribution in [0, 0.1) is 6.58 Å². The van der Waals surface area contributed by atoms with Gasteiger partial charge in [-0.2, -0.15) is 0 Å². The Hall–Kier alpha value is -1.05. The van der Waals surface area contributed by atoms with Crippen LogP contribution in [0.5, 0.6) is 0 Å². The van der Waals surface area contributed by atoms with Gasteiger partial charge in [0.05, 0.1) is 6.33 Å². The van der Waals surface area contributed by atoms with Crippen LogP contribution in [0.25, 0.3) is 0 Å². The first kappa shape index (κ1) is 6.08. The summed E-state index contributed by atoms with van der Waals surface area (Å²) >= 11 is 0. The standard InChI is InChI=1S/C7H9N2/c1-2-3-5-9-6-4-8-7-9/h1-2,4,6-7H,3,5H2. The molecule has 1 rings (SSSR count). The Morgan fingerprint density at radius 3 is 3.11 bits per heavy atom. The van der Waals surface area contributed by atoms with E-state index in [1.165, 1.54) is 0 Å². The van der Waals surface area contributed by atoms with E-state index >= 15 is 0 Å². The number of aromatic nitrogens is 2. The molecule has 47 valence electrons. The molecule has 0 aromatic carbocycles. The minimum Gasteiger partial charge on any atom is -0.337 e. The second-order valence-corrected chi connectivity index (χ2v) is 1.82. The Balaban J connectivity index is 2.38. The van der Waals surface area contributed by atoms with Crippen LogP contribution in [0.15, 0.2) is 24.8 Å². The van der Waals surface area contributed by atoms with Gasteiger partial charge in [0, 0.05) is 18.9 Å². The third-order valence-electron chi connectivity index (χ3n) is 1.11. The van der Waals surface area contributed by atoms with Crippen molar-refractivity contribution in [3.8, 4) is 0 Å². The number of imidazole rings is 1. The van der Waals surface area contributed by atoms with Gasteiger partial charge in [-0.1, -0.05) is 12.7 Å². The summed E-state index contributed by atoms with van der Waals surface area (Å²) in [6, 6.07) is 0. The molecule has 9 heavy (non-hydrogen) atoms. The SMILES string of the molecule is [CH]=CCCn1ccnc1. The average Bonchev–Trinajstić information content (AvgIpc) is 2.34. The fraction of sp³-hybridized carbons (Fsp3) is 0.286. The zero-order chi connectivity index (χ0) is 6.53. The molecule has 0 atom stereocenters. The molecule has 0 aliphatic heterocycles. The third-order valence-corrected chi connectivity index (χ3v) is 1.11. The summed E-state index contributed by atoms with van der Waals surface area (Å²) in [5.74, 6) is 0. The highest BCUT2D eigenvalue weighted by Gasteiger charge is 1.83. The van der Waals surface area contributed by atoms with Crippen LogP contribution in [-0.2, 0) is 6.54 Å². The Morgan fingerprint density at radius 2 is 2.56 bits per heavy atom. The summed E-state index contributed by atoms with van der Waals surface area (Å²) in [6.07, 6.45) is 8.01. The quantitative estimate of drug-likeness (QED) is 0.588. The van der Waals surface area contributed by atoms with Crippen molar-refractivity contribution in [2.24, 2.45) is 0 Å². The van der Waals surface area contributed by atoms with Crippen molar-refractivity contribution in [3.63, 3.8) is 0 Å².